The summed E-state index contributed by atoms with van der Waals surface area (Å²) >= 11 is 0. The average Bonchev–Trinajstić information content (AvgIpc) is 2.37. The van der Waals surface area contributed by atoms with Gasteiger partial charge >= 0.3 is 0 Å². The van der Waals surface area contributed by atoms with Gasteiger partial charge in [-0.15, -0.1) is 0 Å². The minimum atomic E-state index is -0.431. The van der Waals surface area contributed by atoms with Crippen molar-refractivity contribution in [2.45, 2.75) is 6.92 Å². The zero-order chi connectivity index (χ0) is 13.4. The standard InChI is InChI=1S/C12H16N2O4/c1-3-18-10-7-5-4-6-9(10)12(16)13-8-11(15)14-17-2/h4-7H,3,8H2,1-2H3,(H,13,16)(H,14,15). The Kier molecular flexibility index (Phi) is 5.66. The molecular weight excluding hydrogens is 236 g/mol. The molecule has 6 heteroatoms. The van der Waals surface area contributed by atoms with Gasteiger partial charge in [0.1, 0.15) is 5.75 Å². The van der Waals surface area contributed by atoms with Crippen molar-refractivity contribution in [2.75, 3.05) is 20.3 Å². The van der Waals surface area contributed by atoms with Crippen LogP contribution in [0.5, 0.6) is 5.75 Å². The predicted molar refractivity (Wildman–Crippen MR) is 65.1 cm³/mol. The van der Waals surface area contributed by atoms with Crippen LogP contribution in [0.15, 0.2) is 24.3 Å². The molecule has 0 aliphatic rings. The lowest BCUT2D eigenvalue weighted by Gasteiger charge is -2.10. The van der Waals surface area contributed by atoms with E-state index < -0.39 is 5.91 Å². The van der Waals surface area contributed by atoms with Crippen molar-refractivity contribution >= 4 is 11.8 Å². The van der Waals surface area contributed by atoms with E-state index in [1.807, 2.05) is 6.92 Å². The maximum absolute atomic E-state index is 11.8. The molecule has 0 spiro atoms. The van der Waals surface area contributed by atoms with Gasteiger partial charge < -0.3 is 10.1 Å². The van der Waals surface area contributed by atoms with Gasteiger partial charge in [-0.1, -0.05) is 12.1 Å². The van der Waals surface area contributed by atoms with E-state index in [-0.39, 0.29) is 12.5 Å². The molecule has 0 atom stereocenters. The molecule has 0 bridgehead atoms. The van der Waals surface area contributed by atoms with Crippen molar-refractivity contribution in [3.63, 3.8) is 0 Å². The number of rotatable bonds is 6. The van der Waals surface area contributed by atoms with Crippen molar-refractivity contribution in [3.8, 4) is 5.75 Å². The largest absolute Gasteiger partial charge is 0.493 e. The van der Waals surface area contributed by atoms with Gasteiger partial charge in [0.2, 0.25) is 0 Å². The second-order valence-corrected chi connectivity index (χ2v) is 3.34. The van der Waals surface area contributed by atoms with E-state index in [0.29, 0.717) is 17.9 Å². The van der Waals surface area contributed by atoms with Crippen LogP contribution in [0.3, 0.4) is 0 Å². The molecule has 1 rings (SSSR count). The molecule has 0 saturated carbocycles. The fraction of sp³-hybridized carbons (Fsp3) is 0.333. The second kappa shape index (κ2) is 7.29. The van der Waals surface area contributed by atoms with Gasteiger partial charge in [-0.2, -0.15) is 0 Å². The Hall–Kier alpha value is -2.08. The summed E-state index contributed by atoms with van der Waals surface area (Å²) < 4.78 is 5.33. The fourth-order valence-corrected chi connectivity index (χ4v) is 1.34. The molecule has 0 heterocycles. The first-order chi connectivity index (χ1) is 8.69. The molecule has 2 amide bonds. The van der Waals surface area contributed by atoms with Crippen LogP contribution in [-0.4, -0.2) is 32.1 Å². The lowest BCUT2D eigenvalue weighted by atomic mass is 10.2. The highest BCUT2D eigenvalue weighted by molar-refractivity contribution is 5.98. The highest BCUT2D eigenvalue weighted by Crippen LogP contribution is 2.17. The van der Waals surface area contributed by atoms with Crippen LogP contribution < -0.4 is 15.5 Å². The Labute approximate surface area is 105 Å². The number of para-hydroxylation sites is 1. The van der Waals surface area contributed by atoms with E-state index >= 15 is 0 Å². The molecule has 1 aromatic rings. The summed E-state index contributed by atoms with van der Waals surface area (Å²) in [4.78, 5) is 27.4. The highest BCUT2D eigenvalue weighted by Gasteiger charge is 2.12. The monoisotopic (exact) mass is 252 g/mol. The Bertz CT molecular complexity index is 420. The smallest absolute Gasteiger partial charge is 0.262 e. The number of carbonyl (C=O) groups excluding carboxylic acids is 2. The molecule has 0 unspecified atom stereocenters. The number of nitrogens with one attached hydrogen (secondary N) is 2. The molecule has 0 saturated heterocycles. The number of hydroxylamine groups is 1. The van der Waals surface area contributed by atoms with E-state index in [1.54, 1.807) is 24.3 Å². The van der Waals surface area contributed by atoms with Gasteiger partial charge in [0.25, 0.3) is 11.8 Å². The maximum Gasteiger partial charge on any atom is 0.262 e. The summed E-state index contributed by atoms with van der Waals surface area (Å²) in [6.07, 6.45) is 0. The molecule has 0 fully saturated rings. The van der Waals surface area contributed by atoms with E-state index in [4.69, 9.17) is 4.74 Å². The Balaban J connectivity index is 2.63. The molecule has 0 aromatic heterocycles. The lowest BCUT2D eigenvalue weighted by Crippen LogP contribution is -2.36. The Morgan fingerprint density at radius 2 is 2.00 bits per heavy atom. The van der Waals surface area contributed by atoms with Crippen LogP contribution in [0.1, 0.15) is 17.3 Å². The number of hydrogen-bond donors (Lipinski definition) is 2. The van der Waals surface area contributed by atoms with E-state index in [9.17, 15) is 9.59 Å². The van der Waals surface area contributed by atoms with Gasteiger partial charge in [-0.25, -0.2) is 5.48 Å². The second-order valence-electron chi connectivity index (χ2n) is 3.34. The average molecular weight is 252 g/mol. The molecule has 0 aliphatic carbocycles. The van der Waals surface area contributed by atoms with Gasteiger partial charge in [0, 0.05) is 0 Å². The van der Waals surface area contributed by atoms with Crippen molar-refractivity contribution in [3.05, 3.63) is 29.8 Å². The van der Waals surface area contributed by atoms with Crippen LogP contribution >= 0.6 is 0 Å². The molecule has 1 aromatic carbocycles. The number of benzene rings is 1. The van der Waals surface area contributed by atoms with E-state index in [1.165, 1.54) is 7.11 Å². The van der Waals surface area contributed by atoms with E-state index in [0.717, 1.165) is 0 Å². The van der Waals surface area contributed by atoms with Crippen LogP contribution in [0, 0.1) is 0 Å². The van der Waals surface area contributed by atoms with Crippen molar-refractivity contribution < 1.29 is 19.2 Å². The van der Waals surface area contributed by atoms with Crippen LogP contribution in [0.25, 0.3) is 0 Å². The number of hydrogen-bond acceptors (Lipinski definition) is 4. The Morgan fingerprint density at radius 3 is 2.67 bits per heavy atom. The van der Waals surface area contributed by atoms with Crippen LogP contribution in [0.2, 0.25) is 0 Å². The summed E-state index contributed by atoms with van der Waals surface area (Å²) in [5, 5.41) is 2.47. The lowest BCUT2D eigenvalue weighted by molar-refractivity contribution is -0.130. The SMILES string of the molecule is CCOc1ccccc1C(=O)NCC(=O)NOC. The zero-order valence-corrected chi connectivity index (χ0v) is 10.4. The van der Waals surface area contributed by atoms with Gasteiger partial charge in [-0.3, -0.25) is 14.4 Å². The minimum Gasteiger partial charge on any atom is -0.493 e. The molecular formula is C12H16N2O4. The van der Waals surface area contributed by atoms with Crippen molar-refractivity contribution in [1.29, 1.82) is 0 Å². The molecule has 98 valence electrons. The molecule has 18 heavy (non-hydrogen) atoms. The third-order valence-corrected chi connectivity index (χ3v) is 2.06. The summed E-state index contributed by atoms with van der Waals surface area (Å²) in [5.74, 6) is -0.310. The predicted octanol–water partition coefficient (Wildman–Crippen LogP) is 0.493. The minimum absolute atomic E-state index is 0.160. The third kappa shape index (κ3) is 4.06. The van der Waals surface area contributed by atoms with Crippen molar-refractivity contribution in [2.24, 2.45) is 0 Å². The topological polar surface area (TPSA) is 76.7 Å². The molecule has 0 radical (unpaired) electrons. The Morgan fingerprint density at radius 1 is 1.28 bits per heavy atom. The molecule has 2 N–H and O–H groups in total. The van der Waals surface area contributed by atoms with Gasteiger partial charge in [0.05, 0.1) is 25.8 Å². The highest BCUT2D eigenvalue weighted by atomic mass is 16.6. The molecule has 0 aliphatic heterocycles. The quantitative estimate of drug-likeness (QED) is 0.722. The van der Waals surface area contributed by atoms with Crippen molar-refractivity contribution in [1.82, 2.24) is 10.8 Å². The van der Waals surface area contributed by atoms with E-state index in [2.05, 4.69) is 15.6 Å². The normalized spacial score (nSPS) is 9.67. The first-order valence-electron chi connectivity index (χ1n) is 5.50. The number of ether oxygens (including phenoxy) is 1. The van der Waals surface area contributed by atoms with Crippen LogP contribution in [0.4, 0.5) is 0 Å². The number of amides is 2. The third-order valence-electron chi connectivity index (χ3n) is 2.06. The number of carbonyl (C=O) groups is 2. The molecule has 6 nitrogen and oxygen atoms in total. The van der Waals surface area contributed by atoms with Gasteiger partial charge in [0.15, 0.2) is 0 Å². The summed E-state index contributed by atoms with van der Waals surface area (Å²) in [5.41, 5.74) is 2.50. The summed E-state index contributed by atoms with van der Waals surface area (Å²) in [6, 6.07) is 6.84. The van der Waals surface area contributed by atoms with Gasteiger partial charge in [-0.05, 0) is 19.1 Å². The van der Waals surface area contributed by atoms with Crippen LogP contribution in [-0.2, 0) is 9.63 Å². The first-order valence-corrected chi connectivity index (χ1v) is 5.50. The summed E-state index contributed by atoms with van der Waals surface area (Å²) in [7, 11) is 1.32. The summed E-state index contributed by atoms with van der Waals surface area (Å²) in [6.45, 7) is 2.14. The first kappa shape index (κ1) is 14.0. The fourth-order valence-electron chi connectivity index (χ4n) is 1.34. The zero-order valence-electron chi connectivity index (χ0n) is 10.4. The maximum atomic E-state index is 11.8.